The molecule has 13 aromatic rings. The Bertz CT molecular complexity index is 6790. The lowest BCUT2D eigenvalue weighted by Crippen LogP contribution is -2.14. The Kier molecular flexibility index (Phi) is 41.8. The van der Waals surface area contributed by atoms with Crippen LogP contribution in [-0.4, -0.2) is 41.9 Å². The van der Waals surface area contributed by atoms with E-state index in [4.69, 9.17) is 31.9 Å². The molecule has 0 N–H and O–H groups in total. The fraction of sp³-hybridized carbons (Fsp3) is 0.516. The van der Waals surface area contributed by atoms with E-state index in [1.807, 2.05) is 125 Å². The number of unbranched alkanes of at least 4 members (excludes halogenated alkanes) is 40. The summed E-state index contributed by atoms with van der Waals surface area (Å²) in [7, 11) is 0. The zero-order valence-electron chi connectivity index (χ0n) is 86.9. The second kappa shape index (κ2) is 55.4. The number of nitriles is 2. The highest BCUT2D eigenvalue weighted by molar-refractivity contribution is 7.35. The van der Waals surface area contributed by atoms with Gasteiger partial charge in [0.15, 0.2) is 11.6 Å². The highest BCUT2D eigenvalue weighted by Crippen LogP contribution is 2.57. The average Bonchev–Trinajstić information content (AvgIpc) is 1.50. The molecule has 143 heavy (non-hydrogen) atoms. The maximum absolute atomic E-state index is 15.9. The van der Waals surface area contributed by atoms with E-state index in [2.05, 4.69) is 116 Å². The smallest absolute Gasteiger partial charge is 0.270 e. The first kappa shape index (κ1) is 108. The fourth-order valence-electron chi connectivity index (χ4n) is 22.3. The second-order valence-corrected chi connectivity index (χ2v) is 48.2. The topological polar surface area (TPSA) is 151 Å². The molecule has 2 aliphatic carbocycles. The SMILES string of the molecule is [C-]#[N+]/C(C#N)=C1/C(=C/c2sc3c(sc4c5c6nsnc6c6c7sc8c(CCCCCCCCCCC)c(/C=C9\C(=O)c%10ccc(-c%11ccc(/C=N/c%12ccc(/N=C/c%13ccc(C)s%13)cc%12)s%11)cc%10\C9=C(\C#N)[N+]#[C-])sc8c7n(CC(CCCCCCCC)CCCCCCCCCC)c6c5n(CC(CCCCCCCC)CCCCCCCCCC)c34)c2CCCCCCCCCCC)C(=O)c2ccc(C)cc21. The van der Waals surface area contributed by atoms with Gasteiger partial charge in [0.25, 0.3) is 11.4 Å². The van der Waals surface area contributed by atoms with E-state index in [9.17, 15) is 10.5 Å². The summed E-state index contributed by atoms with van der Waals surface area (Å²) in [6.45, 7) is 37.0. The molecule has 0 bridgehead atoms. The molecule has 0 amide bonds. The lowest BCUT2D eigenvalue weighted by atomic mass is 9.93. The van der Waals surface area contributed by atoms with Crippen molar-refractivity contribution in [3.05, 3.63) is 194 Å². The number of carbonyl (C=O) groups excluding carboxylic acids is 2. The number of aromatic nitrogens is 4. The number of aryl methyl sites for hydroxylation is 4. The standard InChI is InChI=1S/C124H152N10O2S7/c1-11-17-23-29-35-39-43-49-55-61-96-105(77-100-107(102(79-125)127-9)98-75-85(7)63-72-94(98)117(100)135)139-123-115-121(141-119(96)123)109-111-112(132-143-131-111)110-114(113(109)133(115)83-87(57-51-45-33-27-21-15-5)59-53-47-41-37-31-25-19-13-3)134(84-88(58-52-46-34-28-22-16-6)60-54-48-42-38-32-26-20-14-4)116-122(110)142-120-97(62-56-50-44-40-36-30-24-18-12-2)106(140-124(116)120)78-101-108(103(80-126)128-10)99-76-89(65-73-95(99)118(101)136)104-74-71-93(138-104)82-130-91-68-66-90(67-69-91)129-81-92-70-64-86(8)137-92/h63-78,81-82,87-88H,11-62,83-84H2,1-8H3/b100-77-,101-78-,107-102+,108-103+,129-81+,130-82+. The number of rotatable bonds is 63. The van der Waals surface area contributed by atoms with Crippen molar-refractivity contribution >= 4 is 210 Å². The van der Waals surface area contributed by atoms with Crippen molar-refractivity contribution in [1.29, 1.82) is 10.5 Å². The molecule has 0 aliphatic heterocycles. The second-order valence-electron chi connectivity index (χ2n) is 41.1. The molecule has 752 valence electrons. The molecule has 19 heteroatoms. The number of Topliss-reactive ketones (excluding diaryl/α,β-unsaturated/α-hetero) is 2. The average molecular weight is 2040 g/mol. The monoisotopic (exact) mass is 2040 g/mol. The molecule has 0 radical (unpaired) electrons. The van der Waals surface area contributed by atoms with Crippen LogP contribution < -0.4 is 0 Å². The molecule has 12 nitrogen and oxygen atoms in total. The molecule has 2 unspecified atom stereocenters. The Balaban J connectivity index is 0.949. The summed E-state index contributed by atoms with van der Waals surface area (Å²) in [4.78, 5) is 55.2. The molecule has 2 atom stereocenters. The van der Waals surface area contributed by atoms with E-state index in [1.165, 1.54) is 352 Å². The largest absolute Gasteiger partial charge is 0.337 e. The minimum Gasteiger partial charge on any atom is -0.337 e. The molecule has 0 saturated heterocycles. The summed E-state index contributed by atoms with van der Waals surface area (Å²) < 4.78 is 24.6. The number of carbonyl (C=O) groups is 2. The third-order valence-electron chi connectivity index (χ3n) is 30.2. The van der Waals surface area contributed by atoms with Crippen LogP contribution in [0, 0.1) is 61.5 Å². The van der Waals surface area contributed by atoms with E-state index < -0.39 is 0 Å². The van der Waals surface area contributed by atoms with Crippen LogP contribution in [0.2, 0.25) is 0 Å². The Morgan fingerprint density at radius 2 is 0.741 bits per heavy atom. The van der Waals surface area contributed by atoms with Crippen molar-refractivity contribution in [1.82, 2.24) is 17.9 Å². The van der Waals surface area contributed by atoms with Crippen LogP contribution in [0.25, 0.3) is 116 Å². The molecular weight excluding hydrogens is 1890 g/mol. The van der Waals surface area contributed by atoms with Crippen molar-refractivity contribution in [2.24, 2.45) is 21.8 Å². The predicted octanol–water partition coefficient (Wildman–Crippen LogP) is 41.2. The van der Waals surface area contributed by atoms with Gasteiger partial charge in [0.2, 0.25) is 0 Å². The summed E-state index contributed by atoms with van der Waals surface area (Å²) in [6.07, 6.45) is 71.0. The molecular formula is C124H152N10O2S7. The van der Waals surface area contributed by atoms with Gasteiger partial charge >= 0.3 is 0 Å². The van der Waals surface area contributed by atoms with Crippen LogP contribution in [0.15, 0.2) is 117 Å². The van der Waals surface area contributed by atoms with Crippen LogP contribution in [0.4, 0.5) is 11.4 Å². The van der Waals surface area contributed by atoms with Crippen LogP contribution in [0.3, 0.4) is 0 Å². The molecule has 9 heterocycles. The number of nitrogens with zero attached hydrogens (tertiary/aromatic N) is 10. The third kappa shape index (κ3) is 26.8. The van der Waals surface area contributed by atoms with Gasteiger partial charge in [-0.3, -0.25) is 19.6 Å². The number of ketones is 2. The van der Waals surface area contributed by atoms with Crippen LogP contribution in [-0.2, 0) is 25.9 Å². The van der Waals surface area contributed by atoms with Crippen LogP contribution >= 0.6 is 79.7 Å². The van der Waals surface area contributed by atoms with E-state index in [0.717, 1.165) is 142 Å². The van der Waals surface area contributed by atoms with Gasteiger partial charge in [-0.2, -0.15) is 8.75 Å². The Morgan fingerprint density at radius 3 is 1.11 bits per heavy atom. The predicted molar refractivity (Wildman–Crippen MR) is 623 cm³/mol. The summed E-state index contributed by atoms with van der Waals surface area (Å²) in [5, 5.41) is 24.6. The first-order valence-corrected chi connectivity index (χ1v) is 61.1. The summed E-state index contributed by atoms with van der Waals surface area (Å²) >= 11 is 12.2. The Morgan fingerprint density at radius 1 is 0.385 bits per heavy atom. The number of hydrogen-bond acceptors (Lipinski definition) is 15. The quantitative estimate of drug-likeness (QED) is 0.0122. The number of benzene rings is 4. The van der Waals surface area contributed by atoms with Gasteiger partial charge in [-0.25, -0.2) is 20.2 Å². The molecule has 4 aromatic carbocycles. The highest BCUT2D eigenvalue weighted by atomic mass is 32.1. The summed E-state index contributed by atoms with van der Waals surface area (Å²) in [5.41, 5.74) is 17.0. The minimum atomic E-state index is -0.167. The number of aliphatic imine (C=N–C) groups is 2. The Hall–Kier alpha value is -9.38. The van der Waals surface area contributed by atoms with Gasteiger partial charge in [-0.1, -0.05) is 354 Å². The van der Waals surface area contributed by atoms with E-state index in [-0.39, 0.29) is 23.0 Å². The lowest BCUT2D eigenvalue weighted by molar-refractivity contribution is 0.103. The zero-order valence-corrected chi connectivity index (χ0v) is 92.6. The van der Waals surface area contributed by atoms with Crippen molar-refractivity contribution < 1.29 is 9.59 Å². The van der Waals surface area contributed by atoms with Gasteiger partial charge in [-0.15, -0.1) is 68.0 Å². The van der Waals surface area contributed by atoms with Crippen molar-refractivity contribution in [3.63, 3.8) is 0 Å². The molecule has 0 fully saturated rings. The maximum Gasteiger partial charge on any atom is 0.270 e. The van der Waals surface area contributed by atoms with Gasteiger partial charge in [0.05, 0.1) is 98.7 Å². The maximum atomic E-state index is 15.9. The van der Waals surface area contributed by atoms with Gasteiger partial charge in [0.1, 0.15) is 11.0 Å². The van der Waals surface area contributed by atoms with Crippen molar-refractivity contribution in [2.45, 2.75) is 402 Å². The summed E-state index contributed by atoms with van der Waals surface area (Å²) in [5.74, 6) is 0.456. The number of hydrogen-bond donors (Lipinski definition) is 0. The molecule has 0 spiro atoms. The molecule has 2 aliphatic rings. The number of allylic oxidation sites excluding steroid dienone is 6. The minimum absolute atomic E-state index is 0.0505. The van der Waals surface area contributed by atoms with Crippen LogP contribution in [0.1, 0.15) is 436 Å². The third-order valence-corrected chi connectivity index (χ3v) is 37.8. The zero-order chi connectivity index (χ0) is 99.8. The molecule has 0 saturated carbocycles. The van der Waals surface area contributed by atoms with Crippen molar-refractivity contribution in [3.8, 4) is 22.6 Å². The number of fused-ring (bicyclic) bond motifs is 16. The van der Waals surface area contributed by atoms with Gasteiger partial charge in [0, 0.05) is 99.0 Å². The fourth-order valence-corrected chi connectivity index (χ4v) is 30.4. The summed E-state index contributed by atoms with van der Waals surface area (Å²) in [6, 6.07) is 32.8. The van der Waals surface area contributed by atoms with Gasteiger partial charge in [-0.05, 0) is 178 Å². The van der Waals surface area contributed by atoms with E-state index in [0.29, 0.717) is 56.4 Å². The van der Waals surface area contributed by atoms with E-state index in [1.54, 1.807) is 22.7 Å². The molecule has 15 rings (SSSR count). The first-order chi connectivity index (χ1) is 70.3. The number of thiophene rings is 6. The normalized spacial score (nSPS) is 14.6. The highest BCUT2D eigenvalue weighted by Gasteiger charge is 2.39. The van der Waals surface area contributed by atoms with Gasteiger partial charge < -0.3 is 9.13 Å². The van der Waals surface area contributed by atoms with Crippen LogP contribution in [0.5, 0.6) is 0 Å². The molecule has 9 aromatic heterocycles. The van der Waals surface area contributed by atoms with Crippen molar-refractivity contribution in [2.75, 3.05) is 0 Å². The Labute approximate surface area is 881 Å². The van der Waals surface area contributed by atoms with E-state index >= 15 is 9.59 Å². The first-order valence-electron chi connectivity index (χ1n) is 55.5. The lowest BCUT2D eigenvalue weighted by Gasteiger charge is -2.22.